The van der Waals surface area contributed by atoms with E-state index in [1.165, 1.54) is 16.7 Å². The third-order valence-corrected chi connectivity index (χ3v) is 6.71. The number of amides is 1. The number of carbonyl (C=O) groups is 1. The van der Waals surface area contributed by atoms with E-state index in [-0.39, 0.29) is 11.9 Å². The van der Waals surface area contributed by atoms with Crippen LogP contribution in [0.2, 0.25) is 0 Å². The van der Waals surface area contributed by atoms with Crippen LogP contribution in [-0.4, -0.2) is 45.5 Å². The lowest BCUT2D eigenvalue weighted by atomic mass is 9.99. The average molecular weight is 377 g/mol. The molecular weight excluding hydrogens is 348 g/mol. The molecule has 2 fully saturated rings. The van der Waals surface area contributed by atoms with Gasteiger partial charge in [-0.15, -0.1) is 0 Å². The summed E-state index contributed by atoms with van der Waals surface area (Å²) < 4.78 is 0. The molecule has 5 rings (SSSR count). The molecule has 0 radical (unpaired) electrons. The summed E-state index contributed by atoms with van der Waals surface area (Å²) in [7, 11) is 0. The molecular formula is C24H28N2O2. The number of carbonyl (C=O) groups excluding carboxylic acids is 1. The Morgan fingerprint density at radius 2 is 1.79 bits per heavy atom. The molecule has 28 heavy (non-hydrogen) atoms. The Hall–Kier alpha value is -2.17. The van der Waals surface area contributed by atoms with Crippen molar-refractivity contribution in [3.63, 3.8) is 0 Å². The molecule has 1 aliphatic carbocycles. The van der Waals surface area contributed by atoms with Crippen molar-refractivity contribution in [3.8, 4) is 0 Å². The van der Waals surface area contributed by atoms with Crippen molar-refractivity contribution in [2.24, 2.45) is 0 Å². The van der Waals surface area contributed by atoms with Gasteiger partial charge in [-0.25, -0.2) is 0 Å². The highest BCUT2D eigenvalue weighted by Gasteiger charge is 2.52. The predicted octanol–water partition coefficient (Wildman–Crippen LogP) is 3.37. The smallest absolute Gasteiger partial charge is 0.254 e. The van der Waals surface area contributed by atoms with Crippen LogP contribution < -0.4 is 0 Å². The molecule has 0 bridgehead atoms. The van der Waals surface area contributed by atoms with Gasteiger partial charge in [0.05, 0.1) is 11.6 Å². The van der Waals surface area contributed by atoms with Gasteiger partial charge in [-0.2, -0.15) is 0 Å². The number of fused-ring (bicyclic) bond motifs is 1. The summed E-state index contributed by atoms with van der Waals surface area (Å²) in [5, 5.41) is 10.5. The fourth-order valence-electron chi connectivity index (χ4n) is 4.90. The number of nitrogens with zero attached hydrogens (tertiary/aromatic N) is 2. The fraction of sp³-hybridized carbons (Fsp3) is 0.458. The first-order valence-corrected chi connectivity index (χ1v) is 10.5. The highest BCUT2D eigenvalue weighted by atomic mass is 16.3. The second-order valence-corrected chi connectivity index (χ2v) is 8.69. The van der Waals surface area contributed by atoms with Crippen molar-refractivity contribution >= 4 is 5.91 Å². The monoisotopic (exact) mass is 376 g/mol. The summed E-state index contributed by atoms with van der Waals surface area (Å²) in [6, 6.07) is 16.8. The van der Waals surface area contributed by atoms with Gasteiger partial charge in [-0.3, -0.25) is 9.69 Å². The van der Waals surface area contributed by atoms with Gasteiger partial charge in [-0.05, 0) is 60.9 Å². The molecule has 1 saturated carbocycles. The van der Waals surface area contributed by atoms with Gasteiger partial charge >= 0.3 is 0 Å². The first-order valence-electron chi connectivity index (χ1n) is 10.5. The van der Waals surface area contributed by atoms with Gasteiger partial charge in [0.2, 0.25) is 0 Å². The number of rotatable bonds is 4. The minimum absolute atomic E-state index is 0.00750. The minimum atomic E-state index is -0.614. The zero-order chi connectivity index (χ0) is 19.1. The SMILES string of the molecule is O=C(c1ccc(CN2CCc3ccccc3C2)cc1)N1CCCC1C1(O)CC1. The van der Waals surface area contributed by atoms with Crippen LogP contribution in [0.5, 0.6) is 0 Å². The Bertz CT molecular complexity index is 872. The van der Waals surface area contributed by atoms with E-state index in [1.54, 1.807) is 0 Å². The standard InChI is InChI=1S/C24H28N2O2/c27-23(26-14-3-6-22(26)24(28)12-13-24)20-9-7-18(8-10-20)16-25-15-11-19-4-1-2-5-21(19)17-25/h1-2,4-5,7-10,22,28H,3,6,11-17H2. The van der Waals surface area contributed by atoms with Gasteiger partial charge in [0, 0.05) is 31.7 Å². The van der Waals surface area contributed by atoms with Crippen LogP contribution in [0.3, 0.4) is 0 Å². The molecule has 1 atom stereocenters. The van der Waals surface area contributed by atoms with Crippen molar-refractivity contribution < 1.29 is 9.90 Å². The number of benzene rings is 2. The summed E-state index contributed by atoms with van der Waals surface area (Å²) >= 11 is 0. The Labute approximate surface area is 166 Å². The maximum absolute atomic E-state index is 13.0. The maximum atomic E-state index is 13.0. The highest BCUT2D eigenvalue weighted by Crippen LogP contribution is 2.44. The van der Waals surface area contributed by atoms with Crippen molar-refractivity contribution in [1.82, 2.24) is 9.80 Å². The van der Waals surface area contributed by atoms with Gasteiger partial charge in [0.1, 0.15) is 0 Å². The second kappa shape index (κ2) is 7.02. The summed E-state index contributed by atoms with van der Waals surface area (Å²) in [5.74, 6) is 0.0706. The zero-order valence-corrected chi connectivity index (χ0v) is 16.3. The van der Waals surface area contributed by atoms with Crippen LogP contribution in [-0.2, 0) is 19.5 Å². The number of aliphatic hydroxyl groups is 1. The van der Waals surface area contributed by atoms with E-state index in [9.17, 15) is 9.90 Å². The van der Waals surface area contributed by atoms with E-state index in [0.717, 1.165) is 63.8 Å². The molecule has 2 aromatic carbocycles. The Balaban J connectivity index is 1.24. The maximum Gasteiger partial charge on any atom is 0.254 e. The number of likely N-dealkylation sites (tertiary alicyclic amines) is 1. The van der Waals surface area contributed by atoms with E-state index in [0.29, 0.717) is 0 Å². The molecule has 2 heterocycles. The van der Waals surface area contributed by atoms with Gasteiger partial charge in [-0.1, -0.05) is 36.4 Å². The fourth-order valence-corrected chi connectivity index (χ4v) is 4.90. The predicted molar refractivity (Wildman–Crippen MR) is 109 cm³/mol. The average Bonchev–Trinajstić information content (AvgIpc) is 3.27. The zero-order valence-electron chi connectivity index (χ0n) is 16.3. The molecule has 146 valence electrons. The van der Waals surface area contributed by atoms with Crippen molar-refractivity contribution in [2.75, 3.05) is 13.1 Å². The number of hydrogen-bond donors (Lipinski definition) is 1. The molecule has 4 nitrogen and oxygen atoms in total. The first kappa shape index (κ1) is 17.9. The largest absolute Gasteiger partial charge is 0.388 e. The van der Waals surface area contributed by atoms with E-state index in [4.69, 9.17) is 0 Å². The highest BCUT2D eigenvalue weighted by molar-refractivity contribution is 5.94. The molecule has 3 aliphatic rings. The summed E-state index contributed by atoms with van der Waals surface area (Å²) in [6.07, 6.45) is 4.69. The van der Waals surface area contributed by atoms with Gasteiger partial charge in [0.25, 0.3) is 5.91 Å². The molecule has 2 aromatic rings. The number of hydrogen-bond acceptors (Lipinski definition) is 3. The summed E-state index contributed by atoms with van der Waals surface area (Å²) in [6.45, 7) is 3.74. The molecule has 0 spiro atoms. The molecule has 1 unspecified atom stereocenters. The van der Waals surface area contributed by atoms with Gasteiger partial charge in [0.15, 0.2) is 0 Å². The lowest BCUT2D eigenvalue weighted by Gasteiger charge is -2.29. The van der Waals surface area contributed by atoms with Crippen LogP contribution >= 0.6 is 0 Å². The van der Waals surface area contributed by atoms with Crippen molar-refractivity contribution in [3.05, 3.63) is 70.8 Å². The topological polar surface area (TPSA) is 43.8 Å². The van der Waals surface area contributed by atoms with E-state index in [2.05, 4.69) is 41.3 Å². The van der Waals surface area contributed by atoms with E-state index >= 15 is 0 Å². The molecule has 4 heteroatoms. The second-order valence-electron chi connectivity index (χ2n) is 8.69. The van der Waals surface area contributed by atoms with Crippen molar-refractivity contribution in [1.29, 1.82) is 0 Å². The molecule has 1 amide bonds. The van der Waals surface area contributed by atoms with Crippen LogP contribution in [0, 0.1) is 0 Å². The van der Waals surface area contributed by atoms with E-state index in [1.807, 2.05) is 17.0 Å². The molecule has 1 saturated heterocycles. The van der Waals surface area contributed by atoms with Crippen LogP contribution in [0.15, 0.2) is 48.5 Å². The lowest BCUT2D eigenvalue weighted by molar-refractivity contribution is 0.0386. The first-order chi connectivity index (χ1) is 13.6. The Kier molecular flexibility index (Phi) is 4.48. The van der Waals surface area contributed by atoms with Gasteiger partial charge < -0.3 is 10.0 Å². The van der Waals surface area contributed by atoms with Crippen LogP contribution in [0.1, 0.15) is 52.7 Å². The molecule has 2 aliphatic heterocycles. The molecule has 0 aromatic heterocycles. The normalized spacial score (nSPS) is 23.5. The quantitative estimate of drug-likeness (QED) is 0.890. The Morgan fingerprint density at radius 1 is 1.04 bits per heavy atom. The Morgan fingerprint density at radius 3 is 2.54 bits per heavy atom. The van der Waals surface area contributed by atoms with Crippen LogP contribution in [0.4, 0.5) is 0 Å². The van der Waals surface area contributed by atoms with Crippen molar-refractivity contribution in [2.45, 2.75) is 56.8 Å². The summed E-state index contributed by atoms with van der Waals surface area (Å²) in [4.78, 5) is 17.4. The third kappa shape index (κ3) is 3.36. The molecule has 1 N–H and O–H groups in total. The lowest BCUT2D eigenvalue weighted by Crippen LogP contribution is -2.44. The minimum Gasteiger partial charge on any atom is -0.388 e. The third-order valence-electron chi connectivity index (χ3n) is 6.71. The van der Waals surface area contributed by atoms with E-state index < -0.39 is 5.60 Å². The van der Waals surface area contributed by atoms with Crippen LogP contribution in [0.25, 0.3) is 0 Å². The summed E-state index contributed by atoms with van der Waals surface area (Å²) in [5.41, 5.74) is 4.27.